The van der Waals surface area contributed by atoms with Crippen molar-refractivity contribution in [3.05, 3.63) is 34.5 Å². The summed E-state index contributed by atoms with van der Waals surface area (Å²) in [6.45, 7) is 2.12. The number of anilines is 2. The highest BCUT2D eigenvalue weighted by Crippen LogP contribution is 2.29. The number of aliphatic hydroxyl groups excluding tert-OH is 1. The average molecular weight is 463 g/mol. The van der Waals surface area contributed by atoms with Crippen LogP contribution in [-0.2, 0) is 10.0 Å². The standard InChI is InChI=1S/C18H24ClFN4O3S2/c19-13-8-17(29(26,27)24-18-23-6-7-28-18)14(20)9-15(13)22-5-3-1-2-4-12-10-21-11-16(12)25/h6-9,12,16,21-22,25H,1-5,10-11H2,(H,23,24)/t12-,16-/m1/s1. The molecule has 0 spiro atoms. The average Bonchev–Trinajstić information content (AvgIpc) is 3.31. The highest BCUT2D eigenvalue weighted by molar-refractivity contribution is 7.93. The van der Waals surface area contributed by atoms with E-state index < -0.39 is 20.7 Å². The van der Waals surface area contributed by atoms with Crippen LogP contribution in [-0.4, -0.2) is 44.2 Å². The van der Waals surface area contributed by atoms with Gasteiger partial charge in [0.2, 0.25) is 0 Å². The topological polar surface area (TPSA) is 103 Å². The highest BCUT2D eigenvalue weighted by Gasteiger charge is 2.24. The van der Waals surface area contributed by atoms with Crippen molar-refractivity contribution >= 4 is 43.8 Å². The van der Waals surface area contributed by atoms with E-state index in [1.807, 2.05) is 0 Å². The van der Waals surface area contributed by atoms with Gasteiger partial charge in [-0.05, 0) is 30.9 Å². The van der Waals surface area contributed by atoms with Crippen LogP contribution in [0, 0.1) is 11.7 Å². The Bertz CT molecular complexity index is 912. The van der Waals surface area contributed by atoms with Crippen molar-refractivity contribution in [1.29, 1.82) is 0 Å². The Labute approximate surface area is 178 Å². The molecule has 1 aromatic heterocycles. The number of hydrogen-bond donors (Lipinski definition) is 4. The lowest BCUT2D eigenvalue weighted by Gasteiger charge is -2.13. The summed E-state index contributed by atoms with van der Waals surface area (Å²) in [6.07, 6.45) is 5.01. The van der Waals surface area contributed by atoms with E-state index in [9.17, 15) is 17.9 Å². The van der Waals surface area contributed by atoms with E-state index in [0.717, 1.165) is 55.7 Å². The van der Waals surface area contributed by atoms with E-state index in [2.05, 4.69) is 20.3 Å². The third kappa shape index (κ3) is 6.02. The molecule has 0 aliphatic carbocycles. The van der Waals surface area contributed by atoms with Gasteiger partial charge in [-0.1, -0.05) is 24.4 Å². The third-order valence-corrected chi connectivity index (χ3v) is 7.32. The van der Waals surface area contributed by atoms with Crippen molar-refractivity contribution in [1.82, 2.24) is 10.3 Å². The first-order chi connectivity index (χ1) is 13.9. The van der Waals surface area contributed by atoms with Crippen LogP contribution in [0.2, 0.25) is 5.02 Å². The van der Waals surface area contributed by atoms with Crippen LogP contribution in [0.15, 0.2) is 28.6 Å². The van der Waals surface area contributed by atoms with Gasteiger partial charge in [-0.2, -0.15) is 0 Å². The number of aromatic nitrogens is 1. The summed E-state index contributed by atoms with van der Waals surface area (Å²) in [7, 11) is -4.11. The second-order valence-corrected chi connectivity index (χ2v) is 9.92. The largest absolute Gasteiger partial charge is 0.391 e. The molecule has 1 aliphatic heterocycles. The quantitative estimate of drug-likeness (QED) is 0.404. The summed E-state index contributed by atoms with van der Waals surface area (Å²) in [5.41, 5.74) is 0.354. The molecule has 1 fully saturated rings. The number of unbranched alkanes of at least 4 members (excludes halogenated alkanes) is 2. The van der Waals surface area contributed by atoms with E-state index in [1.54, 1.807) is 5.38 Å². The van der Waals surface area contributed by atoms with Gasteiger partial charge in [0.1, 0.15) is 10.7 Å². The van der Waals surface area contributed by atoms with Crippen molar-refractivity contribution in [3.63, 3.8) is 0 Å². The zero-order valence-electron chi connectivity index (χ0n) is 15.7. The Morgan fingerprint density at radius 2 is 2.14 bits per heavy atom. The van der Waals surface area contributed by atoms with Crippen LogP contribution in [0.4, 0.5) is 15.2 Å². The fraction of sp³-hybridized carbons (Fsp3) is 0.500. The van der Waals surface area contributed by atoms with Gasteiger partial charge < -0.3 is 15.7 Å². The maximum Gasteiger partial charge on any atom is 0.266 e. The molecule has 0 amide bonds. The molecule has 3 rings (SSSR count). The maximum atomic E-state index is 14.4. The fourth-order valence-electron chi connectivity index (χ4n) is 3.26. The normalized spacial score (nSPS) is 19.4. The number of nitrogens with zero attached hydrogens (tertiary/aromatic N) is 1. The lowest BCUT2D eigenvalue weighted by atomic mass is 9.98. The number of benzene rings is 1. The van der Waals surface area contributed by atoms with Crippen LogP contribution in [0.3, 0.4) is 0 Å². The van der Waals surface area contributed by atoms with Crippen LogP contribution < -0.4 is 15.4 Å². The number of rotatable bonds is 10. The SMILES string of the molecule is O=S(=O)(Nc1nccs1)c1cc(Cl)c(NCCCCC[C@@H]2CNC[C@H]2O)cc1F. The van der Waals surface area contributed by atoms with Crippen molar-refractivity contribution in [2.24, 2.45) is 5.92 Å². The molecule has 11 heteroatoms. The number of hydrogen-bond acceptors (Lipinski definition) is 7. The molecule has 0 saturated carbocycles. The Kier molecular flexibility index (Phi) is 7.69. The minimum absolute atomic E-state index is 0.131. The first-order valence-electron chi connectivity index (χ1n) is 9.41. The van der Waals surface area contributed by atoms with E-state index in [1.165, 1.54) is 6.20 Å². The Morgan fingerprint density at radius 3 is 2.83 bits per heavy atom. The molecule has 0 unspecified atom stereocenters. The zero-order valence-corrected chi connectivity index (χ0v) is 18.1. The molecule has 2 aromatic rings. The molecule has 29 heavy (non-hydrogen) atoms. The lowest BCUT2D eigenvalue weighted by Crippen LogP contribution is -2.17. The first-order valence-corrected chi connectivity index (χ1v) is 12.1. The monoisotopic (exact) mass is 462 g/mol. The van der Waals surface area contributed by atoms with Crippen LogP contribution in [0.1, 0.15) is 25.7 Å². The summed E-state index contributed by atoms with van der Waals surface area (Å²) in [4.78, 5) is 3.31. The first kappa shape index (κ1) is 22.2. The molecule has 0 radical (unpaired) electrons. The molecule has 1 saturated heterocycles. The number of thiazole rings is 1. The van der Waals surface area contributed by atoms with Crippen LogP contribution >= 0.6 is 22.9 Å². The predicted octanol–water partition coefficient (Wildman–Crippen LogP) is 3.29. The second-order valence-electron chi connectivity index (χ2n) is 6.97. The van der Waals surface area contributed by atoms with E-state index in [-0.39, 0.29) is 16.3 Å². The number of β-amino-alcohol motifs (C(OH)–C–C–N with tert-alkyl or cyclic N) is 1. The van der Waals surface area contributed by atoms with Crippen molar-refractivity contribution in [3.8, 4) is 0 Å². The molecular formula is C18H24ClFN4O3S2. The summed E-state index contributed by atoms with van der Waals surface area (Å²) in [5, 5.41) is 17.9. The molecule has 7 nitrogen and oxygen atoms in total. The van der Waals surface area contributed by atoms with Gasteiger partial charge in [0.15, 0.2) is 5.13 Å². The Morgan fingerprint density at radius 1 is 1.31 bits per heavy atom. The van der Waals surface area contributed by atoms with Crippen molar-refractivity contribution in [2.75, 3.05) is 29.7 Å². The van der Waals surface area contributed by atoms with Gasteiger partial charge in [-0.3, -0.25) is 4.72 Å². The van der Waals surface area contributed by atoms with E-state index in [4.69, 9.17) is 11.6 Å². The van der Waals surface area contributed by atoms with Crippen LogP contribution in [0.25, 0.3) is 0 Å². The summed E-state index contributed by atoms with van der Waals surface area (Å²) < 4.78 is 41.4. The molecule has 4 N–H and O–H groups in total. The van der Waals surface area contributed by atoms with Gasteiger partial charge in [-0.25, -0.2) is 17.8 Å². The Balaban J connectivity index is 1.50. The maximum absolute atomic E-state index is 14.4. The summed E-state index contributed by atoms with van der Waals surface area (Å²) in [5.74, 6) is -0.567. The Hall–Kier alpha value is -1.46. The van der Waals surface area contributed by atoms with Gasteiger partial charge in [-0.15, -0.1) is 11.3 Å². The minimum Gasteiger partial charge on any atom is -0.391 e. The van der Waals surface area contributed by atoms with Gasteiger partial charge in [0.25, 0.3) is 10.0 Å². The number of aliphatic hydroxyl groups is 1. The molecule has 2 atom stereocenters. The fourth-order valence-corrected chi connectivity index (χ4v) is 5.43. The van der Waals surface area contributed by atoms with E-state index >= 15 is 0 Å². The highest BCUT2D eigenvalue weighted by atomic mass is 35.5. The van der Waals surface area contributed by atoms with Gasteiger partial charge >= 0.3 is 0 Å². The summed E-state index contributed by atoms with van der Waals surface area (Å²) >= 11 is 7.26. The molecule has 0 bridgehead atoms. The molecular weight excluding hydrogens is 439 g/mol. The van der Waals surface area contributed by atoms with Crippen LogP contribution in [0.5, 0.6) is 0 Å². The molecule has 160 valence electrons. The number of halogens is 2. The van der Waals surface area contributed by atoms with Gasteiger partial charge in [0.05, 0.1) is 16.8 Å². The smallest absolute Gasteiger partial charge is 0.266 e. The predicted molar refractivity (Wildman–Crippen MR) is 114 cm³/mol. The van der Waals surface area contributed by atoms with Gasteiger partial charge in [0, 0.05) is 31.2 Å². The molecule has 1 aliphatic rings. The summed E-state index contributed by atoms with van der Waals surface area (Å²) in [6, 6.07) is 2.20. The minimum atomic E-state index is -4.11. The van der Waals surface area contributed by atoms with Crippen molar-refractivity contribution in [2.45, 2.75) is 36.7 Å². The zero-order chi connectivity index (χ0) is 20.9. The number of nitrogens with one attached hydrogen (secondary N) is 3. The second kappa shape index (κ2) is 10.0. The molecule has 1 aromatic carbocycles. The van der Waals surface area contributed by atoms with Crippen molar-refractivity contribution < 1.29 is 17.9 Å². The molecule has 2 heterocycles. The van der Waals surface area contributed by atoms with E-state index in [0.29, 0.717) is 24.7 Å². The third-order valence-electron chi connectivity index (χ3n) is 4.84. The number of sulfonamides is 1. The lowest BCUT2D eigenvalue weighted by molar-refractivity contribution is 0.141.